The van der Waals surface area contributed by atoms with Gasteiger partial charge in [-0.3, -0.25) is 0 Å². The van der Waals surface area contributed by atoms with Crippen LogP contribution >= 0.6 is 0 Å². The molecular formula is C15H29NO2. The zero-order valence-corrected chi connectivity index (χ0v) is 12.2. The summed E-state index contributed by atoms with van der Waals surface area (Å²) in [7, 11) is 2.20. The van der Waals surface area contributed by atoms with Crippen molar-refractivity contribution in [1.82, 2.24) is 4.90 Å². The molecule has 0 radical (unpaired) electrons. The van der Waals surface area contributed by atoms with Gasteiger partial charge in [-0.25, -0.2) is 0 Å². The first kappa shape index (κ1) is 14.3. The first-order valence-corrected chi connectivity index (χ1v) is 7.43. The summed E-state index contributed by atoms with van der Waals surface area (Å²) in [6, 6.07) is 0. The Balaban J connectivity index is 1.75. The lowest BCUT2D eigenvalue weighted by molar-refractivity contribution is 0.0261. The third-order valence-electron chi connectivity index (χ3n) is 4.86. The fourth-order valence-electron chi connectivity index (χ4n) is 3.54. The molecule has 1 heterocycles. The molecule has 0 amide bonds. The van der Waals surface area contributed by atoms with Crippen molar-refractivity contribution in [3.63, 3.8) is 0 Å². The molecule has 1 saturated heterocycles. The topological polar surface area (TPSA) is 32.7 Å². The van der Waals surface area contributed by atoms with Gasteiger partial charge in [-0.2, -0.15) is 0 Å². The highest BCUT2D eigenvalue weighted by molar-refractivity contribution is 4.92. The van der Waals surface area contributed by atoms with E-state index in [1.54, 1.807) is 0 Å². The molecule has 0 aromatic rings. The molecule has 0 aromatic heterocycles. The summed E-state index contributed by atoms with van der Waals surface area (Å²) < 4.78 is 5.40. The van der Waals surface area contributed by atoms with Crippen molar-refractivity contribution in [3.05, 3.63) is 0 Å². The Morgan fingerprint density at radius 3 is 2.39 bits per heavy atom. The van der Waals surface area contributed by atoms with E-state index in [0.29, 0.717) is 5.92 Å². The summed E-state index contributed by atoms with van der Waals surface area (Å²) in [5.74, 6) is 1.25. The van der Waals surface area contributed by atoms with Gasteiger partial charge in [0.05, 0.1) is 6.10 Å². The van der Waals surface area contributed by atoms with Crippen molar-refractivity contribution in [2.24, 2.45) is 17.3 Å². The Hall–Kier alpha value is -0.120. The maximum atomic E-state index is 10.3. The van der Waals surface area contributed by atoms with E-state index in [0.717, 1.165) is 38.6 Å². The summed E-state index contributed by atoms with van der Waals surface area (Å²) in [5, 5.41) is 10.3. The van der Waals surface area contributed by atoms with Crippen LogP contribution in [0.4, 0.5) is 0 Å². The number of rotatable bonds is 4. The van der Waals surface area contributed by atoms with Gasteiger partial charge < -0.3 is 14.7 Å². The maximum absolute atomic E-state index is 10.3. The Morgan fingerprint density at radius 1 is 1.17 bits per heavy atom. The molecule has 0 bridgehead atoms. The van der Waals surface area contributed by atoms with Crippen LogP contribution in [0.15, 0.2) is 0 Å². The second-order valence-electron chi connectivity index (χ2n) is 7.01. The highest BCUT2D eigenvalue weighted by atomic mass is 16.5. The molecule has 0 spiro atoms. The molecule has 3 nitrogen and oxygen atoms in total. The molecule has 3 heteroatoms. The van der Waals surface area contributed by atoms with Gasteiger partial charge >= 0.3 is 0 Å². The molecule has 1 N–H and O–H groups in total. The average Bonchev–Trinajstić information content (AvgIpc) is 2.57. The Bertz CT molecular complexity index is 261. The lowest BCUT2D eigenvalue weighted by Gasteiger charge is -2.31. The summed E-state index contributed by atoms with van der Waals surface area (Å²) in [6.45, 7) is 8.44. The quantitative estimate of drug-likeness (QED) is 0.835. The first-order valence-electron chi connectivity index (χ1n) is 7.43. The van der Waals surface area contributed by atoms with Crippen LogP contribution in [0.3, 0.4) is 0 Å². The van der Waals surface area contributed by atoms with Gasteiger partial charge in [0.2, 0.25) is 0 Å². The highest BCUT2D eigenvalue weighted by Crippen LogP contribution is 2.41. The molecule has 106 valence electrons. The van der Waals surface area contributed by atoms with E-state index in [2.05, 4.69) is 25.8 Å². The van der Waals surface area contributed by atoms with Gasteiger partial charge in [0.25, 0.3) is 0 Å². The maximum Gasteiger partial charge on any atom is 0.0631 e. The largest absolute Gasteiger partial charge is 0.392 e. The van der Waals surface area contributed by atoms with Crippen LogP contribution in [-0.4, -0.2) is 49.5 Å². The number of aliphatic hydroxyl groups is 1. The van der Waals surface area contributed by atoms with Crippen molar-refractivity contribution in [3.8, 4) is 0 Å². The van der Waals surface area contributed by atoms with Crippen LogP contribution < -0.4 is 0 Å². The molecule has 2 rings (SSSR count). The van der Waals surface area contributed by atoms with Crippen molar-refractivity contribution in [1.29, 1.82) is 0 Å². The summed E-state index contributed by atoms with van der Waals surface area (Å²) in [6.07, 6.45) is 4.59. The van der Waals surface area contributed by atoms with Gasteiger partial charge in [-0.15, -0.1) is 0 Å². The number of ether oxygens (including phenoxy) is 1. The first-order chi connectivity index (χ1) is 8.49. The smallest absolute Gasteiger partial charge is 0.0631 e. The predicted octanol–water partition coefficient (Wildman–Crippen LogP) is 2.14. The molecule has 18 heavy (non-hydrogen) atoms. The Morgan fingerprint density at radius 2 is 1.83 bits per heavy atom. The zero-order valence-electron chi connectivity index (χ0n) is 12.2. The number of aliphatic hydroxyl groups excluding tert-OH is 1. The normalized spacial score (nSPS) is 33.2. The van der Waals surface area contributed by atoms with Crippen LogP contribution in [0, 0.1) is 17.3 Å². The minimum atomic E-state index is -0.130. The molecular weight excluding hydrogens is 226 g/mol. The van der Waals surface area contributed by atoms with Gasteiger partial charge in [-0.05, 0) is 50.0 Å². The van der Waals surface area contributed by atoms with Crippen LogP contribution in [-0.2, 0) is 4.74 Å². The van der Waals surface area contributed by atoms with Crippen molar-refractivity contribution >= 4 is 0 Å². The fourth-order valence-corrected chi connectivity index (χ4v) is 3.54. The molecule has 2 atom stereocenters. The van der Waals surface area contributed by atoms with Crippen LogP contribution in [0.2, 0.25) is 0 Å². The van der Waals surface area contributed by atoms with Crippen molar-refractivity contribution < 1.29 is 9.84 Å². The van der Waals surface area contributed by atoms with E-state index < -0.39 is 0 Å². The molecule has 2 aliphatic rings. The second-order valence-corrected chi connectivity index (χ2v) is 7.01. The van der Waals surface area contributed by atoms with Crippen LogP contribution in [0.25, 0.3) is 0 Å². The third kappa shape index (κ3) is 3.46. The van der Waals surface area contributed by atoms with Gasteiger partial charge in [-0.1, -0.05) is 13.8 Å². The highest BCUT2D eigenvalue weighted by Gasteiger charge is 2.40. The van der Waals surface area contributed by atoms with Crippen LogP contribution in [0.1, 0.15) is 39.5 Å². The summed E-state index contributed by atoms with van der Waals surface area (Å²) in [4.78, 5) is 2.42. The molecule has 1 aliphatic carbocycles. The van der Waals surface area contributed by atoms with Gasteiger partial charge in [0.1, 0.15) is 0 Å². The van der Waals surface area contributed by atoms with Crippen molar-refractivity contribution in [2.75, 3.05) is 33.4 Å². The van der Waals surface area contributed by atoms with E-state index in [1.807, 2.05) is 0 Å². The fraction of sp³-hybridized carbons (Fsp3) is 1.00. The number of nitrogens with zero attached hydrogens (tertiary/aromatic N) is 1. The third-order valence-corrected chi connectivity index (χ3v) is 4.86. The van der Waals surface area contributed by atoms with E-state index in [1.165, 1.54) is 19.3 Å². The monoisotopic (exact) mass is 255 g/mol. The lowest BCUT2D eigenvalue weighted by Crippen LogP contribution is -2.37. The molecule has 0 aromatic carbocycles. The summed E-state index contributed by atoms with van der Waals surface area (Å²) >= 11 is 0. The van der Waals surface area contributed by atoms with E-state index >= 15 is 0 Å². The van der Waals surface area contributed by atoms with Gasteiger partial charge in [0.15, 0.2) is 0 Å². The summed E-state index contributed by atoms with van der Waals surface area (Å²) in [5.41, 5.74) is 0.115. The van der Waals surface area contributed by atoms with Gasteiger partial charge in [0, 0.05) is 26.3 Å². The molecule has 1 saturated carbocycles. The SMILES string of the molecule is CN(CC1CCOCC1)CC1CCC(C)(C)C1O. The minimum Gasteiger partial charge on any atom is -0.392 e. The average molecular weight is 255 g/mol. The number of hydrogen-bond acceptors (Lipinski definition) is 3. The number of hydrogen-bond donors (Lipinski definition) is 1. The molecule has 2 unspecified atom stereocenters. The second kappa shape index (κ2) is 5.89. The molecule has 2 fully saturated rings. The lowest BCUT2D eigenvalue weighted by atomic mass is 9.87. The van der Waals surface area contributed by atoms with E-state index in [-0.39, 0.29) is 11.5 Å². The molecule has 1 aliphatic heterocycles. The standard InChI is InChI=1S/C15H29NO2/c1-15(2)7-4-13(14(15)17)11-16(3)10-12-5-8-18-9-6-12/h12-14,17H,4-11H2,1-3H3. The predicted molar refractivity (Wildman–Crippen MR) is 73.6 cm³/mol. The van der Waals surface area contributed by atoms with E-state index in [9.17, 15) is 5.11 Å². The van der Waals surface area contributed by atoms with E-state index in [4.69, 9.17) is 4.74 Å². The Labute approximate surface area is 112 Å². The van der Waals surface area contributed by atoms with Crippen LogP contribution in [0.5, 0.6) is 0 Å². The van der Waals surface area contributed by atoms with Crippen molar-refractivity contribution in [2.45, 2.75) is 45.6 Å². The minimum absolute atomic E-state index is 0.115. The zero-order chi connectivity index (χ0) is 13.2. The Kier molecular flexibility index (Phi) is 4.68.